The summed E-state index contributed by atoms with van der Waals surface area (Å²) < 4.78 is 0. The molecule has 0 spiro atoms. The number of benzene rings is 1. The Labute approximate surface area is 119 Å². The summed E-state index contributed by atoms with van der Waals surface area (Å²) in [7, 11) is 0. The zero-order chi connectivity index (χ0) is 15.3. The number of carbonyl (C=O) groups is 1. The Morgan fingerprint density at radius 2 is 1.95 bits per heavy atom. The summed E-state index contributed by atoms with van der Waals surface area (Å²) >= 11 is 0. The molecule has 0 aliphatic heterocycles. The Balaban J connectivity index is 2.81. The van der Waals surface area contributed by atoms with Crippen molar-refractivity contribution in [2.24, 2.45) is 5.92 Å². The van der Waals surface area contributed by atoms with Crippen molar-refractivity contribution < 1.29 is 15.0 Å². The second kappa shape index (κ2) is 7.14. The first kappa shape index (κ1) is 16.3. The predicted octanol–water partition coefficient (Wildman–Crippen LogP) is 2.48. The van der Waals surface area contributed by atoms with Crippen molar-refractivity contribution >= 4 is 17.3 Å². The molecule has 0 aliphatic carbocycles. The summed E-state index contributed by atoms with van der Waals surface area (Å²) in [6.07, 6.45) is 1.39. The van der Waals surface area contributed by atoms with Gasteiger partial charge in [-0.3, -0.25) is 0 Å². The Kier molecular flexibility index (Phi) is 5.82. The molecule has 112 valence electrons. The van der Waals surface area contributed by atoms with Gasteiger partial charge in [-0.05, 0) is 30.5 Å². The van der Waals surface area contributed by atoms with Crippen molar-refractivity contribution in [1.82, 2.24) is 0 Å². The smallest absolute Gasteiger partial charge is 0.337 e. The van der Waals surface area contributed by atoms with Gasteiger partial charge in [0.1, 0.15) is 0 Å². The van der Waals surface area contributed by atoms with Crippen LogP contribution in [0.3, 0.4) is 0 Å². The number of nitrogen functional groups attached to an aromatic ring is 1. The number of carboxylic acids is 1. The third-order valence-corrected chi connectivity index (χ3v) is 3.73. The number of hydrogen-bond donors (Lipinski definition) is 4. The largest absolute Gasteiger partial charge is 0.478 e. The fourth-order valence-electron chi connectivity index (χ4n) is 2.30. The van der Waals surface area contributed by atoms with E-state index in [9.17, 15) is 9.90 Å². The number of aromatic carboxylic acids is 1. The van der Waals surface area contributed by atoms with Gasteiger partial charge in [-0.1, -0.05) is 26.7 Å². The zero-order valence-corrected chi connectivity index (χ0v) is 12.3. The molecule has 0 bridgehead atoms. The van der Waals surface area contributed by atoms with E-state index in [2.05, 4.69) is 5.32 Å². The molecule has 0 fully saturated rings. The van der Waals surface area contributed by atoms with Crippen molar-refractivity contribution in [2.45, 2.75) is 39.7 Å². The van der Waals surface area contributed by atoms with E-state index in [1.165, 1.54) is 6.07 Å². The maximum absolute atomic E-state index is 11.1. The maximum Gasteiger partial charge on any atom is 0.337 e. The molecule has 5 N–H and O–H groups in total. The zero-order valence-electron chi connectivity index (χ0n) is 12.3. The second-order valence-corrected chi connectivity index (χ2v) is 5.08. The molecule has 5 nitrogen and oxygen atoms in total. The van der Waals surface area contributed by atoms with Gasteiger partial charge in [-0.2, -0.15) is 0 Å². The monoisotopic (exact) mass is 280 g/mol. The summed E-state index contributed by atoms with van der Waals surface area (Å²) in [5.41, 5.74) is 7.49. The molecule has 1 aromatic carbocycles. The van der Waals surface area contributed by atoms with Gasteiger partial charge in [0, 0.05) is 17.9 Å². The molecule has 0 aromatic heterocycles. The SMILES string of the molecule is CCC(CC)C(O)CNc1cc(C)c(N)c(C(=O)O)c1. The number of aliphatic hydroxyl groups excluding tert-OH is 1. The fourth-order valence-corrected chi connectivity index (χ4v) is 2.30. The van der Waals surface area contributed by atoms with Gasteiger partial charge in [-0.25, -0.2) is 4.79 Å². The van der Waals surface area contributed by atoms with Crippen LogP contribution in [0.1, 0.15) is 42.6 Å². The van der Waals surface area contributed by atoms with E-state index < -0.39 is 12.1 Å². The molecular formula is C15H24N2O3. The van der Waals surface area contributed by atoms with E-state index in [0.717, 1.165) is 12.8 Å². The third-order valence-electron chi connectivity index (χ3n) is 3.73. The molecular weight excluding hydrogens is 256 g/mol. The molecule has 0 heterocycles. The molecule has 0 aliphatic rings. The molecule has 0 radical (unpaired) electrons. The highest BCUT2D eigenvalue weighted by atomic mass is 16.4. The lowest BCUT2D eigenvalue weighted by atomic mass is 9.96. The van der Waals surface area contributed by atoms with Crippen LogP contribution in [0.5, 0.6) is 0 Å². The molecule has 1 atom stereocenters. The average Bonchev–Trinajstić information content (AvgIpc) is 2.41. The maximum atomic E-state index is 11.1. The molecule has 20 heavy (non-hydrogen) atoms. The Hall–Kier alpha value is -1.75. The van der Waals surface area contributed by atoms with Gasteiger partial charge in [0.05, 0.1) is 11.7 Å². The Morgan fingerprint density at radius 3 is 2.45 bits per heavy atom. The lowest BCUT2D eigenvalue weighted by molar-refractivity contribution is 0.0698. The van der Waals surface area contributed by atoms with Crippen LogP contribution in [0, 0.1) is 12.8 Å². The molecule has 0 saturated heterocycles. The number of nitrogens with two attached hydrogens (primary N) is 1. The van der Waals surface area contributed by atoms with Crippen molar-refractivity contribution in [3.05, 3.63) is 23.3 Å². The van der Waals surface area contributed by atoms with Crippen LogP contribution < -0.4 is 11.1 Å². The van der Waals surface area contributed by atoms with Gasteiger partial charge < -0.3 is 21.3 Å². The average molecular weight is 280 g/mol. The van der Waals surface area contributed by atoms with E-state index in [1.54, 1.807) is 13.0 Å². The second-order valence-electron chi connectivity index (χ2n) is 5.08. The van der Waals surface area contributed by atoms with Crippen LogP contribution in [-0.2, 0) is 0 Å². The van der Waals surface area contributed by atoms with E-state index in [0.29, 0.717) is 17.8 Å². The first-order valence-electron chi connectivity index (χ1n) is 6.96. The minimum Gasteiger partial charge on any atom is -0.478 e. The predicted molar refractivity (Wildman–Crippen MR) is 81.1 cm³/mol. The van der Waals surface area contributed by atoms with Gasteiger partial charge >= 0.3 is 5.97 Å². The van der Waals surface area contributed by atoms with Gasteiger partial charge in [0.15, 0.2) is 0 Å². The minimum absolute atomic E-state index is 0.0875. The minimum atomic E-state index is -1.05. The number of carboxylic acid groups (broad SMARTS) is 1. The van der Waals surface area contributed by atoms with Crippen molar-refractivity contribution in [3.63, 3.8) is 0 Å². The number of aryl methyl sites for hydroxylation is 1. The lowest BCUT2D eigenvalue weighted by Crippen LogP contribution is -2.27. The number of nitrogens with one attached hydrogen (secondary N) is 1. The van der Waals surface area contributed by atoms with Gasteiger partial charge in [-0.15, -0.1) is 0 Å². The normalized spacial score (nSPS) is 12.4. The standard InChI is InChI=1S/C15H24N2O3/c1-4-10(5-2)13(18)8-17-11-6-9(3)14(16)12(7-11)15(19)20/h6-7,10,13,17-18H,4-5,8,16H2,1-3H3,(H,19,20). The molecule has 5 heteroatoms. The van der Waals surface area contributed by atoms with Crippen LogP contribution in [0.4, 0.5) is 11.4 Å². The quantitative estimate of drug-likeness (QED) is 0.575. The summed E-state index contributed by atoms with van der Waals surface area (Å²) in [5.74, 6) is -0.800. The first-order chi connectivity index (χ1) is 9.40. The summed E-state index contributed by atoms with van der Waals surface area (Å²) in [6, 6.07) is 3.30. The number of rotatable bonds is 7. The highest BCUT2D eigenvalue weighted by Crippen LogP contribution is 2.23. The molecule has 1 rings (SSSR count). The highest BCUT2D eigenvalue weighted by Gasteiger charge is 2.16. The van der Waals surface area contributed by atoms with Crippen LogP contribution in [-0.4, -0.2) is 28.8 Å². The van der Waals surface area contributed by atoms with Crippen LogP contribution in [0.2, 0.25) is 0 Å². The number of hydrogen-bond acceptors (Lipinski definition) is 4. The number of anilines is 2. The van der Waals surface area contributed by atoms with Crippen LogP contribution in [0.25, 0.3) is 0 Å². The first-order valence-corrected chi connectivity index (χ1v) is 6.96. The summed E-state index contributed by atoms with van der Waals surface area (Å²) in [5, 5.41) is 22.3. The van der Waals surface area contributed by atoms with Crippen LogP contribution >= 0.6 is 0 Å². The lowest BCUT2D eigenvalue weighted by Gasteiger charge is -2.21. The van der Waals surface area contributed by atoms with Gasteiger partial charge in [0.25, 0.3) is 0 Å². The van der Waals surface area contributed by atoms with E-state index in [-0.39, 0.29) is 17.2 Å². The van der Waals surface area contributed by atoms with Crippen molar-refractivity contribution in [2.75, 3.05) is 17.6 Å². The molecule has 0 saturated carbocycles. The fraction of sp³-hybridized carbons (Fsp3) is 0.533. The third kappa shape index (κ3) is 3.87. The van der Waals surface area contributed by atoms with E-state index in [4.69, 9.17) is 10.8 Å². The van der Waals surface area contributed by atoms with E-state index in [1.807, 2.05) is 13.8 Å². The van der Waals surface area contributed by atoms with Crippen molar-refractivity contribution in [3.8, 4) is 0 Å². The van der Waals surface area contributed by atoms with Crippen molar-refractivity contribution in [1.29, 1.82) is 0 Å². The summed E-state index contributed by atoms with van der Waals surface area (Å²) in [6.45, 7) is 6.26. The van der Waals surface area contributed by atoms with E-state index >= 15 is 0 Å². The molecule has 0 amide bonds. The highest BCUT2D eigenvalue weighted by molar-refractivity contribution is 5.95. The Bertz CT molecular complexity index is 470. The number of aliphatic hydroxyl groups is 1. The molecule has 1 aromatic rings. The summed E-state index contributed by atoms with van der Waals surface area (Å²) in [4.78, 5) is 11.1. The van der Waals surface area contributed by atoms with Gasteiger partial charge in [0.2, 0.25) is 0 Å². The Morgan fingerprint density at radius 1 is 1.35 bits per heavy atom. The topological polar surface area (TPSA) is 95.6 Å². The molecule has 1 unspecified atom stereocenters. The van der Waals surface area contributed by atoms with Crippen LogP contribution in [0.15, 0.2) is 12.1 Å².